The van der Waals surface area contributed by atoms with E-state index in [0.29, 0.717) is 12.1 Å². The van der Waals surface area contributed by atoms with Gasteiger partial charge in [0.25, 0.3) is 0 Å². The second-order valence-electron chi connectivity index (χ2n) is 6.81. The molecule has 0 radical (unpaired) electrons. The van der Waals surface area contributed by atoms with Crippen molar-refractivity contribution in [3.8, 4) is 0 Å². The Kier molecular flexibility index (Phi) is 3.74. The van der Waals surface area contributed by atoms with Gasteiger partial charge in [0.1, 0.15) is 5.82 Å². The van der Waals surface area contributed by atoms with E-state index in [1.165, 1.54) is 19.3 Å². The van der Waals surface area contributed by atoms with Crippen molar-refractivity contribution in [2.45, 2.75) is 51.4 Å². The van der Waals surface area contributed by atoms with Gasteiger partial charge >= 0.3 is 0 Å². The molecule has 4 heteroatoms. The van der Waals surface area contributed by atoms with E-state index in [9.17, 15) is 5.11 Å². The average molecular weight is 312 g/mol. The zero-order chi connectivity index (χ0) is 15.9. The van der Waals surface area contributed by atoms with Crippen LogP contribution in [0.4, 0.5) is 5.82 Å². The molecule has 1 heterocycles. The molecule has 1 aromatic carbocycles. The maximum absolute atomic E-state index is 9.71. The van der Waals surface area contributed by atoms with Crippen LogP contribution in [0.3, 0.4) is 0 Å². The third-order valence-corrected chi connectivity index (χ3v) is 5.72. The fraction of sp³-hybridized carbons (Fsp3) is 0.526. The molecule has 4 nitrogen and oxygen atoms in total. The molecule has 0 bridgehead atoms. The van der Waals surface area contributed by atoms with Gasteiger partial charge in [-0.3, -0.25) is 0 Å². The number of aliphatic hydroxyl groups excluding tert-OH is 1. The first-order valence-electron chi connectivity index (χ1n) is 8.64. The average Bonchev–Trinajstić information content (AvgIpc) is 2.51. The van der Waals surface area contributed by atoms with Crippen LogP contribution in [0.1, 0.15) is 38.2 Å². The van der Waals surface area contributed by atoms with Crippen LogP contribution in [-0.4, -0.2) is 28.8 Å². The largest absolute Gasteiger partial charge is 0.392 e. The number of ether oxygens (including phenoxy) is 1. The Morgan fingerprint density at radius 3 is 2.87 bits per heavy atom. The molecule has 2 fully saturated rings. The van der Waals surface area contributed by atoms with Crippen LogP contribution < -0.4 is 5.32 Å². The van der Waals surface area contributed by atoms with Gasteiger partial charge in [0.05, 0.1) is 18.2 Å². The number of nitrogens with one attached hydrogen (secondary N) is 1. The first-order chi connectivity index (χ1) is 11.3. The van der Waals surface area contributed by atoms with Crippen LogP contribution in [0, 0.1) is 5.41 Å². The lowest BCUT2D eigenvalue weighted by Gasteiger charge is -2.61. The van der Waals surface area contributed by atoms with Gasteiger partial charge in [-0.05, 0) is 38.3 Å². The van der Waals surface area contributed by atoms with Crippen LogP contribution in [-0.2, 0) is 11.3 Å². The van der Waals surface area contributed by atoms with E-state index < -0.39 is 0 Å². The number of hydrogen-bond acceptors (Lipinski definition) is 4. The molecule has 0 saturated heterocycles. The van der Waals surface area contributed by atoms with Gasteiger partial charge in [-0.15, -0.1) is 0 Å². The van der Waals surface area contributed by atoms with E-state index >= 15 is 0 Å². The maximum atomic E-state index is 9.71. The van der Waals surface area contributed by atoms with Crippen molar-refractivity contribution in [1.29, 1.82) is 0 Å². The van der Waals surface area contributed by atoms with Crippen molar-refractivity contribution in [2.24, 2.45) is 5.41 Å². The lowest BCUT2D eigenvalue weighted by molar-refractivity contribution is -0.157. The van der Waals surface area contributed by atoms with Crippen molar-refractivity contribution in [3.05, 3.63) is 35.9 Å². The number of aromatic nitrogens is 1. The van der Waals surface area contributed by atoms with Crippen molar-refractivity contribution in [3.63, 3.8) is 0 Å². The van der Waals surface area contributed by atoms with Gasteiger partial charge in [-0.1, -0.05) is 24.6 Å². The molecule has 4 rings (SSSR count). The molecule has 2 atom stereocenters. The summed E-state index contributed by atoms with van der Waals surface area (Å²) in [6.07, 6.45) is 5.18. The molecule has 2 unspecified atom stereocenters. The highest BCUT2D eigenvalue weighted by Gasteiger charge is 2.59. The topological polar surface area (TPSA) is 54.4 Å². The van der Waals surface area contributed by atoms with Crippen molar-refractivity contribution >= 4 is 16.7 Å². The fourth-order valence-electron chi connectivity index (χ4n) is 4.21. The molecule has 0 aliphatic heterocycles. The first-order valence-corrected chi connectivity index (χ1v) is 8.64. The summed E-state index contributed by atoms with van der Waals surface area (Å²) in [7, 11) is 0. The predicted molar refractivity (Wildman–Crippen MR) is 91.4 cm³/mol. The molecule has 1 spiro atoms. The number of pyridine rings is 1. The lowest BCUT2D eigenvalue weighted by atomic mass is 9.51. The minimum absolute atomic E-state index is 0.00871. The molecule has 2 aromatic rings. The molecule has 2 saturated carbocycles. The Morgan fingerprint density at radius 1 is 1.35 bits per heavy atom. The van der Waals surface area contributed by atoms with Gasteiger partial charge in [-0.2, -0.15) is 0 Å². The highest BCUT2D eigenvalue weighted by atomic mass is 16.5. The SMILES string of the molecule is CCOC1CC(Nc2nc3ccccc3cc2CO)C12CCC2. The number of aliphatic hydroxyl groups is 1. The van der Waals surface area contributed by atoms with Crippen molar-refractivity contribution in [2.75, 3.05) is 11.9 Å². The van der Waals surface area contributed by atoms with Crippen LogP contribution >= 0.6 is 0 Å². The van der Waals surface area contributed by atoms with Crippen LogP contribution in [0.5, 0.6) is 0 Å². The normalized spacial score (nSPS) is 25.1. The highest BCUT2D eigenvalue weighted by molar-refractivity contribution is 5.81. The number of nitrogens with zero attached hydrogens (tertiary/aromatic N) is 1. The van der Waals surface area contributed by atoms with E-state index in [1.54, 1.807) is 0 Å². The number of benzene rings is 1. The van der Waals surface area contributed by atoms with Crippen LogP contribution in [0.25, 0.3) is 10.9 Å². The zero-order valence-electron chi connectivity index (χ0n) is 13.6. The Labute approximate surface area is 136 Å². The first kappa shape index (κ1) is 14.9. The second-order valence-corrected chi connectivity index (χ2v) is 6.81. The molecule has 2 aliphatic carbocycles. The third kappa shape index (κ3) is 2.32. The summed E-state index contributed by atoms with van der Waals surface area (Å²) in [5.41, 5.74) is 2.13. The zero-order valence-corrected chi connectivity index (χ0v) is 13.6. The summed E-state index contributed by atoms with van der Waals surface area (Å²) in [6, 6.07) is 10.5. The number of para-hydroxylation sites is 1. The molecular formula is C19H24N2O2. The van der Waals surface area contributed by atoms with E-state index in [0.717, 1.165) is 35.3 Å². The van der Waals surface area contributed by atoms with Gasteiger partial charge in [0, 0.05) is 29.0 Å². The van der Waals surface area contributed by atoms with Crippen LogP contribution in [0.2, 0.25) is 0 Å². The summed E-state index contributed by atoms with van der Waals surface area (Å²) in [5.74, 6) is 0.831. The van der Waals surface area contributed by atoms with E-state index in [1.807, 2.05) is 30.3 Å². The Bertz CT molecular complexity index is 712. The highest BCUT2D eigenvalue weighted by Crippen LogP contribution is 2.58. The van der Waals surface area contributed by atoms with Gasteiger partial charge in [-0.25, -0.2) is 4.98 Å². The summed E-state index contributed by atoms with van der Waals surface area (Å²) in [5, 5.41) is 14.4. The molecule has 0 amide bonds. The summed E-state index contributed by atoms with van der Waals surface area (Å²) >= 11 is 0. The Hall–Kier alpha value is -1.65. The van der Waals surface area contributed by atoms with Gasteiger partial charge in [0.15, 0.2) is 0 Å². The minimum atomic E-state index is 0.00871. The maximum Gasteiger partial charge on any atom is 0.132 e. The van der Waals surface area contributed by atoms with E-state index in [-0.39, 0.29) is 12.0 Å². The predicted octanol–water partition coefficient (Wildman–Crippen LogP) is 3.49. The van der Waals surface area contributed by atoms with Crippen molar-refractivity contribution < 1.29 is 9.84 Å². The van der Waals surface area contributed by atoms with Gasteiger partial charge in [0.2, 0.25) is 0 Å². The molecule has 2 N–H and O–H groups in total. The summed E-state index contributed by atoms with van der Waals surface area (Å²) < 4.78 is 5.92. The lowest BCUT2D eigenvalue weighted by Crippen LogP contribution is -2.64. The molecular weight excluding hydrogens is 288 g/mol. The third-order valence-electron chi connectivity index (χ3n) is 5.72. The fourth-order valence-corrected chi connectivity index (χ4v) is 4.21. The van der Waals surface area contributed by atoms with E-state index in [2.05, 4.69) is 12.2 Å². The summed E-state index contributed by atoms with van der Waals surface area (Å²) in [6.45, 7) is 2.87. The smallest absolute Gasteiger partial charge is 0.132 e. The minimum Gasteiger partial charge on any atom is -0.392 e. The number of hydrogen-bond donors (Lipinski definition) is 2. The monoisotopic (exact) mass is 312 g/mol. The van der Waals surface area contributed by atoms with Crippen molar-refractivity contribution in [1.82, 2.24) is 4.98 Å². The molecule has 23 heavy (non-hydrogen) atoms. The van der Waals surface area contributed by atoms with Crippen LogP contribution in [0.15, 0.2) is 30.3 Å². The molecule has 2 aliphatic rings. The standard InChI is InChI=1S/C19H24N2O2/c1-2-23-17-11-16(19(17)8-5-9-19)21-18-14(12-22)10-13-6-3-4-7-15(13)20-18/h3-4,6-7,10,16-17,22H,2,5,8-9,11-12H2,1H3,(H,20,21). The number of anilines is 1. The summed E-state index contributed by atoms with van der Waals surface area (Å²) in [4.78, 5) is 4.75. The molecule has 122 valence electrons. The second kappa shape index (κ2) is 5.77. The van der Waals surface area contributed by atoms with E-state index in [4.69, 9.17) is 9.72 Å². The number of rotatable bonds is 5. The Balaban J connectivity index is 1.60. The van der Waals surface area contributed by atoms with Gasteiger partial charge < -0.3 is 15.2 Å². The molecule has 1 aromatic heterocycles. The number of fused-ring (bicyclic) bond motifs is 1. The Morgan fingerprint density at radius 2 is 2.17 bits per heavy atom. The quantitative estimate of drug-likeness (QED) is 0.887.